The molecule has 0 aliphatic carbocycles. The zero-order valence-electron chi connectivity index (χ0n) is 19.4. The van der Waals surface area contributed by atoms with Crippen molar-refractivity contribution >= 4 is 33.3 Å². The molecule has 0 saturated carbocycles. The highest BCUT2D eigenvalue weighted by molar-refractivity contribution is 7.18. The van der Waals surface area contributed by atoms with E-state index in [2.05, 4.69) is 43.0 Å². The van der Waals surface area contributed by atoms with Gasteiger partial charge >= 0.3 is 0 Å². The van der Waals surface area contributed by atoms with Crippen molar-refractivity contribution < 1.29 is 9.18 Å². The fourth-order valence-corrected chi connectivity index (χ4v) is 5.48. The van der Waals surface area contributed by atoms with E-state index >= 15 is 0 Å². The molecule has 2 aromatic heterocycles. The van der Waals surface area contributed by atoms with Gasteiger partial charge in [0.2, 0.25) is 0 Å². The summed E-state index contributed by atoms with van der Waals surface area (Å²) in [5.74, 6) is 1.07. The van der Waals surface area contributed by atoms with Crippen LogP contribution in [0.5, 0.6) is 0 Å². The summed E-state index contributed by atoms with van der Waals surface area (Å²) in [6.07, 6.45) is 1.66. The summed E-state index contributed by atoms with van der Waals surface area (Å²) in [6.45, 7) is 6.61. The smallest absolute Gasteiger partial charge is 0.256 e. The van der Waals surface area contributed by atoms with Gasteiger partial charge in [0.25, 0.3) is 5.91 Å². The summed E-state index contributed by atoms with van der Waals surface area (Å²) in [5.41, 5.74) is 2.62. The molecule has 4 aromatic rings. The van der Waals surface area contributed by atoms with Crippen LogP contribution in [0.4, 0.5) is 10.2 Å². The van der Waals surface area contributed by atoms with Crippen LogP contribution in [0.1, 0.15) is 32.2 Å². The molecule has 1 aliphatic rings. The number of rotatable bonds is 5. The average molecular weight is 475 g/mol. The highest BCUT2D eigenvalue weighted by atomic mass is 32.1. The number of fused-ring (bicyclic) bond motifs is 1. The number of hydrogen-bond donors (Lipinski definition) is 0. The fourth-order valence-electron chi connectivity index (χ4n) is 4.44. The Kier molecular flexibility index (Phi) is 6.28. The van der Waals surface area contributed by atoms with E-state index in [0.717, 1.165) is 34.7 Å². The van der Waals surface area contributed by atoms with Crippen molar-refractivity contribution in [2.45, 2.75) is 26.7 Å². The molecule has 3 heterocycles. The van der Waals surface area contributed by atoms with Crippen molar-refractivity contribution in [2.24, 2.45) is 0 Å². The van der Waals surface area contributed by atoms with E-state index in [1.54, 1.807) is 34.4 Å². The summed E-state index contributed by atoms with van der Waals surface area (Å²) in [7, 11) is 0. The zero-order chi connectivity index (χ0) is 23.7. The second-order valence-corrected chi connectivity index (χ2v) is 9.87. The molecule has 1 fully saturated rings. The van der Waals surface area contributed by atoms with Crippen molar-refractivity contribution in [1.29, 1.82) is 0 Å². The van der Waals surface area contributed by atoms with Gasteiger partial charge in [0.15, 0.2) is 0 Å². The lowest BCUT2D eigenvalue weighted by Gasteiger charge is -2.36. The van der Waals surface area contributed by atoms with Crippen LogP contribution in [0.25, 0.3) is 10.2 Å². The maximum atomic E-state index is 14.1. The number of carbonyl (C=O) groups excluding carboxylic acids is 1. The molecule has 34 heavy (non-hydrogen) atoms. The molecule has 174 valence electrons. The van der Waals surface area contributed by atoms with Crippen LogP contribution >= 0.6 is 11.3 Å². The summed E-state index contributed by atoms with van der Waals surface area (Å²) < 4.78 is 14.1. The number of amides is 1. The number of anilines is 1. The van der Waals surface area contributed by atoms with Gasteiger partial charge in [0.05, 0.1) is 10.9 Å². The third-order valence-corrected chi connectivity index (χ3v) is 7.61. The first-order chi connectivity index (χ1) is 16.5. The zero-order valence-corrected chi connectivity index (χ0v) is 20.2. The predicted octanol–water partition coefficient (Wildman–Crippen LogP) is 5.19. The van der Waals surface area contributed by atoms with Crippen molar-refractivity contribution in [1.82, 2.24) is 14.9 Å². The maximum Gasteiger partial charge on any atom is 0.256 e. The van der Waals surface area contributed by atoms with Gasteiger partial charge < -0.3 is 9.80 Å². The van der Waals surface area contributed by atoms with Crippen LogP contribution in [0.2, 0.25) is 0 Å². The monoisotopic (exact) mass is 474 g/mol. The second kappa shape index (κ2) is 9.50. The Labute approximate surface area is 202 Å². The molecular weight excluding hydrogens is 447 g/mol. The summed E-state index contributed by atoms with van der Waals surface area (Å²) in [4.78, 5) is 29.0. The maximum absolute atomic E-state index is 14.1. The molecule has 0 radical (unpaired) electrons. The van der Waals surface area contributed by atoms with E-state index in [1.165, 1.54) is 22.1 Å². The fraction of sp³-hybridized carbons (Fsp3) is 0.296. The van der Waals surface area contributed by atoms with E-state index in [-0.39, 0.29) is 11.5 Å². The van der Waals surface area contributed by atoms with Gasteiger partial charge in [0.1, 0.15) is 22.3 Å². The van der Waals surface area contributed by atoms with E-state index in [9.17, 15) is 9.18 Å². The Morgan fingerprint density at radius 3 is 2.38 bits per heavy atom. The summed E-state index contributed by atoms with van der Waals surface area (Å²) >= 11 is 1.71. The van der Waals surface area contributed by atoms with Crippen LogP contribution in [-0.2, 0) is 12.8 Å². The Morgan fingerprint density at radius 1 is 0.941 bits per heavy atom. The SMILES string of the molecule is Cc1sc2nc(CCc3ccccc3)nc(N3CCN(C(=O)c4ccccc4F)CC3)c2c1C. The first kappa shape index (κ1) is 22.5. The molecular formula is C27H27FN4OS. The average Bonchev–Trinajstić information content (AvgIpc) is 3.16. The molecule has 1 amide bonds. The second-order valence-electron chi connectivity index (χ2n) is 8.67. The van der Waals surface area contributed by atoms with E-state index in [4.69, 9.17) is 9.97 Å². The van der Waals surface area contributed by atoms with Gasteiger partial charge in [-0.1, -0.05) is 42.5 Å². The molecule has 1 saturated heterocycles. The van der Waals surface area contributed by atoms with Gasteiger partial charge in [-0.3, -0.25) is 4.79 Å². The normalized spacial score (nSPS) is 14.1. The lowest BCUT2D eigenvalue weighted by molar-refractivity contribution is 0.0742. The number of halogens is 1. The number of nitrogens with zero attached hydrogens (tertiary/aromatic N) is 4. The first-order valence-electron chi connectivity index (χ1n) is 11.6. The quantitative estimate of drug-likeness (QED) is 0.399. The molecule has 0 spiro atoms. The number of hydrogen-bond acceptors (Lipinski definition) is 5. The molecule has 5 rings (SSSR count). The minimum atomic E-state index is -0.472. The van der Waals surface area contributed by atoms with Gasteiger partial charge in [-0.05, 0) is 43.5 Å². The molecule has 0 atom stereocenters. The predicted molar refractivity (Wildman–Crippen MR) is 135 cm³/mol. The van der Waals surface area contributed by atoms with Crippen molar-refractivity contribution in [2.75, 3.05) is 31.1 Å². The Bertz CT molecular complexity index is 1330. The van der Waals surface area contributed by atoms with Gasteiger partial charge in [-0.25, -0.2) is 14.4 Å². The first-order valence-corrected chi connectivity index (χ1v) is 12.4. The Hall–Kier alpha value is -3.32. The van der Waals surface area contributed by atoms with Gasteiger partial charge in [-0.2, -0.15) is 0 Å². The van der Waals surface area contributed by atoms with Crippen LogP contribution in [0.3, 0.4) is 0 Å². The highest BCUT2D eigenvalue weighted by Gasteiger charge is 2.27. The molecule has 2 aromatic carbocycles. The van der Waals surface area contributed by atoms with Crippen molar-refractivity contribution in [3.05, 3.63) is 87.8 Å². The van der Waals surface area contributed by atoms with Crippen molar-refractivity contribution in [3.8, 4) is 0 Å². The van der Waals surface area contributed by atoms with Crippen LogP contribution in [0, 0.1) is 19.7 Å². The van der Waals surface area contributed by atoms with Crippen LogP contribution < -0.4 is 4.90 Å². The number of aromatic nitrogens is 2. The lowest BCUT2D eigenvalue weighted by atomic mass is 10.1. The molecule has 7 heteroatoms. The van der Waals surface area contributed by atoms with E-state index < -0.39 is 5.82 Å². The third kappa shape index (κ3) is 4.40. The third-order valence-electron chi connectivity index (χ3n) is 6.51. The van der Waals surface area contributed by atoms with Crippen LogP contribution in [0.15, 0.2) is 54.6 Å². The molecule has 0 N–H and O–H groups in total. The molecule has 5 nitrogen and oxygen atoms in total. The molecule has 0 bridgehead atoms. The van der Waals surface area contributed by atoms with Crippen LogP contribution in [-0.4, -0.2) is 47.0 Å². The number of thiophene rings is 1. The number of piperazine rings is 1. The van der Waals surface area contributed by atoms with E-state index in [0.29, 0.717) is 26.2 Å². The summed E-state index contributed by atoms with van der Waals surface area (Å²) in [5, 5.41) is 1.11. The van der Waals surface area contributed by atoms with Gasteiger partial charge in [-0.15, -0.1) is 11.3 Å². The topological polar surface area (TPSA) is 49.3 Å². The summed E-state index contributed by atoms with van der Waals surface area (Å²) in [6, 6.07) is 16.6. The minimum absolute atomic E-state index is 0.132. The van der Waals surface area contributed by atoms with E-state index in [1.807, 2.05) is 6.07 Å². The standard InChI is InChI=1S/C27H27FN4OS/c1-18-19(2)34-26-24(18)25(29-23(30-26)13-12-20-8-4-3-5-9-20)31-14-16-32(17-15-31)27(33)21-10-6-7-11-22(21)28/h3-11H,12-17H2,1-2H3. The minimum Gasteiger partial charge on any atom is -0.352 e. The van der Waals surface area contributed by atoms with Gasteiger partial charge in [0, 0.05) is 37.5 Å². The largest absolute Gasteiger partial charge is 0.352 e. The Morgan fingerprint density at radius 2 is 1.65 bits per heavy atom. The molecule has 1 aliphatic heterocycles. The number of aryl methyl sites for hydroxylation is 4. The number of carbonyl (C=O) groups is 1. The highest BCUT2D eigenvalue weighted by Crippen LogP contribution is 2.35. The van der Waals surface area contributed by atoms with Crippen molar-refractivity contribution in [3.63, 3.8) is 0 Å². The Balaban J connectivity index is 1.38. The lowest BCUT2D eigenvalue weighted by Crippen LogP contribution is -2.49. The molecule has 0 unspecified atom stereocenters. The number of benzene rings is 2.